The number of imidazole rings is 1. The maximum Gasteiger partial charge on any atom is 0.336 e. The van der Waals surface area contributed by atoms with Crippen LogP contribution >= 0.6 is 11.6 Å². The van der Waals surface area contributed by atoms with Crippen molar-refractivity contribution in [3.05, 3.63) is 70.7 Å². The van der Waals surface area contributed by atoms with E-state index in [9.17, 15) is 9.90 Å². The average Bonchev–Trinajstić information content (AvgIpc) is 3.51. The number of carbonyl (C=O) groups is 1. The Kier molecular flexibility index (Phi) is 7.08. The summed E-state index contributed by atoms with van der Waals surface area (Å²) in [7, 11) is 0. The van der Waals surface area contributed by atoms with Gasteiger partial charge in [0.25, 0.3) is 6.01 Å². The van der Waals surface area contributed by atoms with E-state index >= 15 is 0 Å². The van der Waals surface area contributed by atoms with Gasteiger partial charge in [0.05, 0.1) is 21.6 Å². The Bertz CT molecular complexity index is 1310. The number of nitrogens with zero attached hydrogens (tertiary/aromatic N) is 2. The molecule has 1 saturated heterocycles. The molecule has 5 rings (SSSR count). The van der Waals surface area contributed by atoms with Gasteiger partial charge in [0.1, 0.15) is 5.75 Å². The molecule has 0 aliphatic carbocycles. The fourth-order valence-electron chi connectivity index (χ4n) is 4.11. The molecule has 0 spiro atoms. The topological polar surface area (TPSA) is 78.5 Å². The zero-order chi connectivity index (χ0) is 24.2. The number of aryl methyl sites for hydroxylation is 1. The average molecular weight is 478 g/mol. The Hall–Kier alpha value is -3.51. The van der Waals surface area contributed by atoms with Crippen LogP contribution in [0.4, 0.5) is 5.69 Å². The predicted molar refractivity (Wildman–Crippen MR) is 138 cm³/mol. The standard InChI is InChI=1S/C25H22ClN3O3.C2H6/c1-15-4-9-18(12-19(15)24(30)31)32-25-27-22-13-20(21(26)14-23(22)28-25)16-5-7-17(8-6-16)29-10-2-3-11-29;1-2/h4-9,12-14H,2-3,10-11H2,1H3,(H,27,28)(H,30,31);1-2H3. The van der Waals surface area contributed by atoms with Crippen molar-refractivity contribution in [3.63, 3.8) is 0 Å². The van der Waals surface area contributed by atoms with Gasteiger partial charge in [-0.1, -0.05) is 43.6 Å². The smallest absolute Gasteiger partial charge is 0.336 e. The third-order valence-electron chi connectivity index (χ3n) is 5.85. The number of hydrogen-bond acceptors (Lipinski definition) is 4. The molecule has 176 valence electrons. The van der Waals surface area contributed by atoms with E-state index in [2.05, 4.69) is 39.1 Å². The molecule has 0 bridgehead atoms. The number of halogens is 1. The molecule has 2 N–H and O–H groups in total. The minimum absolute atomic E-state index is 0.196. The van der Waals surface area contributed by atoms with Crippen LogP contribution in [0.15, 0.2) is 54.6 Å². The Labute approximate surface area is 204 Å². The summed E-state index contributed by atoms with van der Waals surface area (Å²) >= 11 is 6.58. The third kappa shape index (κ3) is 4.87. The van der Waals surface area contributed by atoms with Gasteiger partial charge in [0.2, 0.25) is 0 Å². The second-order valence-electron chi connectivity index (χ2n) is 8.02. The molecule has 0 radical (unpaired) electrons. The van der Waals surface area contributed by atoms with Gasteiger partial charge >= 0.3 is 5.97 Å². The van der Waals surface area contributed by atoms with Crippen LogP contribution in [0, 0.1) is 6.92 Å². The molecule has 1 fully saturated rings. The van der Waals surface area contributed by atoms with Gasteiger partial charge in [-0.2, -0.15) is 4.98 Å². The number of rotatable bonds is 5. The van der Waals surface area contributed by atoms with Crippen LogP contribution in [0.3, 0.4) is 0 Å². The van der Waals surface area contributed by atoms with Gasteiger partial charge in [-0.15, -0.1) is 0 Å². The number of carboxylic acids is 1. The molecule has 0 amide bonds. The lowest BCUT2D eigenvalue weighted by Gasteiger charge is -2.17. The van der Waals surface area contributed by atoms with E-state index in [1.54, 1.807) is 19.1 Å². The zero-order valence-electron chi connectivity index (χ0n) is 19.6. The molecule has 2 heterocycles. The summed E-state index contributed by atoms with van der Waals surface area (Å²) in [6.07, 6.45) is 2.49. The summed E-state index contributed by atoms with van der Waals surface area (Å²) in [4.78, 5) is 21.4. The van der Waals surface area contributed by atoms with Gasteiger partial charge in [-0.05, 0) is 67.3 Å². The molecule has 1 aliphatic rings. The minimum atomic E-state index is -0.996. The number of hydrogen-bond donors (Lipinski definition) is 2. The van der Waals surface area contributed by atoms with E-state index in [4.69, 9.17) is 16.3 Å². The maximum atomic E-state index is 11.4. The summed E-state index contributed by atoms with van der Waals surface area (Å²) < 4.78 is 5.79. The number of H-pyrrole nitrogens is 1. The second kappa shape index (κ2) is 10.2. The largest absolute Gasteiger partial charge is 0.478 e. The predicted octanol–water partition coefficient (Wildman–Crippen LogP) is 7.31. The molecule has 0 unspecified atom stereocenters. The van der Waals surface area contributed by atoms with Gasteiger partial charge in [-0.3, -0.25) is 0 Å². The van der Waals surface area contributed by atoms with Crippen LogP contribution in [0.5, 0.6) is 11.8 Å². The Morgan fingerprint density at radius 3 is 2.44 bits per heavy atom. The van der Waals surface area contributed by atoms with Crippen molar-refractivity contribution in [3.8, 4) is 22.9 Å². The van der Waals surface area contributed by atoms with Crippen molar-refractivity contribution >= 4 is 34.3 Å². The van der Waals surface area contributed by atoms with Crippen molar-refractivity contribution in [2.24, 2.45) is 0 Å². The van der Waals surface area contributed by atoms with E-state index < -0.39 is 5.97 Å². The summed E-state index contributed by atoms with van der Waals surface area (Å²) in [5.41, 5.74) is 5.48. The first-order valence-corrected chi connectivity index (χ1v) is 11.9. The SMILES string of the molecule is CC.Cc1ccc(Oc2nc3cc(-c4ccc(N5CCCC5)cc4)c(Cl)cc3[nH]2)cc1C(=O)O. The van der Waals surface area contributed by atoms with Crippen molar-refractivity contribution in [2.45, 2.75) is 33.6 Å². The number of fused-ring (bicyclic) bond motifs is 1. The fourth-order valence-corrected chi connectivity index (χ4v) is 4.38. The molecular weight excluding hydrogens is 450 g/mol. The number of ether oxygens (including phenoxy) is 1. The summed E-state index contributed by atoms with van der Waals surface area (Å²) in [5, 5.41) is 9.94. The second-order valence-corrected chi connectivity index (χ2v) is 8.42. The molecule has 4 aromatic rings. The van der Waals surface area contributed by atoms with E-state index in [1.807, 2.05) is 26.0 Å². The fraction of sp³-hybridized carbons (Fsp3) is 0.259. The first kappa shape index (κ1) is 23.6. The normalized spacial score (nSPS) is 13.0. The number of nitrogens with one attached hydrogen (secondary N) is 1. The van der Waals surface area contributed by atoms with Gasteiger partial charge in [0.15, 0.2) is 0 Å². The number of benzene rings is 3. The quantitative estimate of drug-likeness (QED) is 0.315. The lowest BCUT2D eigenvalue weighted by Crippen LogP contribution is -2.17. The zero-order valence-corrected chi connectivity index (χ0v) is 20.3. The number of carboxylic acid groups (broad SMARTS) is 1. The maximum absolute atomic E-state index is 11.4. The highest BCUT2D eigenvalue weighted by atomic mass is 35.5. The Morgan fingerprint density at radius 1 is 1.06 bits per heavy atom. The summed E-state index contributed by atoms with van der Waals surface area (Å²) in [5.74, 6) is -0.597. The van der Waals surface area contributed by atoms with Gasteiger partial charge < -0.3 is 19.7 Å². The molecular formula is C27H28ClN3O3. The van der Waals surface area contributed by atoms with Crippen LogP contribution in [0.2, 0.25) is 5.02 Å². The van der Waals surface area contributed by atoms with E-state index in [-0.39, 0.29) is 11.6 Å². The molecule has 34 heavy (non-hydrogen) atoms. The van der Waals surface area contributed by atoms with E-state index in [0.717, 1.165) is 29.7 Å². The molecule has 1 aromatic heterocycles. The van der Waals surface area contributed by atoms with Crippen LogP contribution in [0.1, 0.15) is 42.6 Å². The summed E-state index contributed by atoms with van der Waals surface area (Å²) in [6.45, 7) is 7.96. The monoisotopic (exact) mass is 477 g/mol. The number of aromatic carboxylic acids is 1. The highest BCUT2D eigenvalue weighted by Crippen LogP contribution is 2.34. The van der Waals surface area contributed by atoms with Crippen LogP contribution in [0.25, 0.3) is 22.2 Å². The van der Waals surface area contributed by atoms with Gasteiger partial charge in [-0.25, -0.2) is 4.79 Å². The number of aromatic amines is 1. The van der Waals surface area contributed by atoms with Crippen molar-refractivity contribution in [1.82, 2.24) is 9.97 Å². The first-order chi connectivity index (χ1) is 16.5. The van der Waals surface area contributed by atoms with Crippen molar-refractivity contribution in [1.29, 1.82) is 0 Å². The van der Waals surface area contributed by atoms with Crippen molar-refractivity contribution < 1.29 is 14.6 Å². The third-order valence-corrected chi connectivity index (χ3v) is 6.17. The number of anilines is 1. The van der Waals surface area contributed by atoms with Crippen LogP contribution < -0.4 is 9.64 Å². The van der Waals surface area contributed by atoms with E-state index in [1.165, 1.54) is 24.6 Å². The lowest BCUT2D eigenvalue weighted by atomic mass is 10.0. The molecule has 0 atom stereocenters. The molecule has 1 aliphatic heterocycles. The lowest BCUT2D eigenvalue weighted by molar-refractivity contribution is 0.0695. The molecule has 7 heteroatoms. The van der Waals surface area contributed by atoms with Crippen LogP contribution in [-0.2, 0) is 0 Å². The first-order valence-electron chi connectivity index (χ1n) is 11.5. The minimum Gasteiger partial charge on any atom is -0.478 e. The Morgan fingerprint density at radius 2 is 1.76 bits per heavy atom. The number of aromatic nitrogens is 2. The highest BCUT2D eigenvalue weighted by Gasteiger charge is 2.15. The molecule has 6 nitrogen and oxygen atoms in total. The Balaban J connectivity index is 0.00000133. The van der Waals surface area contributed by atoms with Crippen molar-refractivity contribution in [2.75, 3.05) is 18.0 Å². The van der Waals surface area contributed by atoms with E-state index in [0.29, 0.717) is 21.9 Å². The summed E-state index contributed by atoms with van der Waals surface area (Å²) in [6, 6.07) is 17.4. The highest BCUT2D eigenvalue weighted by molar-refractivity contribution is 6.34. The van der Waals surface area contributed by atoms with Gasteiger partial charge in [0, 0.05) is 24.3 Å². The molecule has 0 saturated carbocycles. The van der Waals surface area contributed by atoms with Crippen LogP contribution in [-0.4, -0.2) is 34.1 Å². The molecule has 3 aromatic carbocycles.